The van der Waals surface area contributed by atoms with E-state index in [9.17, 15) is 26.3 Å². The Morgan fingerprint density at radius 3 is 1.81 bits per heavy atom. The molecule has 3 aromatic carbocycles. The number of benzene rings is 3. The van der Waals surface area contributed by atoms with E-state index in [1.54, 1.807) is 0 Å². The molecule has 326 valence electrons. The highest BCUT2D eigenvalue weighted by atomic mass is 19.4. The van der Waals surface area contributed by atoms with Gasteiger partial charge in [-0.3, -0.25) is 9.80 Å². The van der Waals surface area contributed by atoms with Crippen LogP contribution in [0.25, 0.3) is 11.1 Å². The van der Waals surface area contributed by atoms with Gasteiger partial charge in [-0.15, -0.1) is 0 Å². The molecule has 10 rings (SSSR count). The first-order valence-electron chi connectivity index (χ1n) is 21.3. The number of hydrogen-bond acceptors (Lipinski definition) is 10. The summed E-state index contributed by atoms with van der Waals surface area (Å²) in [6.45, 7) is 4.63. The molecule has 0 amide bonds. The lowest BCUT2D eigenvalue weighted by molar-refractivity contribution is -0.138. The molecular weight excluding hydrogens is 821 g/mol. The molecule has 2 fully saturated rings. The highest BCUT2D eigenvalue weighted by molar-refractivity contribution is 5.75. The Balaban J connectivity index is 0.863. The number of nitrogens with zero attached hydrogens (tertiary/aromatic N) is 6. The van der Waals surface area contributed by atoms with Crippen molar-refractivity contribution in [3.8, 4) is 11.1 Å². The minimum atomic E-state index is -4.59. The van der Waals surface area contributed by atoms with Crippen LogP contribution >= 0.6 is 0 Å². The molecule has 0 atom stereocenters. The van der Waals surface area contributed by atoms with Crippen molar-refractivity contribution in [1.29, 1.82) is 0 Å². The van der Waals surface area contributed by atoms with E-state index in [1.165, 1.54) is 16.7 Å². The molecule has 0 saturated heterocycles. The molecule has 0 unspecified atom stereocenters. The van der Waals surface area contributed by atoms with Crippen LogP contribution in [0.15, 0.2) is 85.5 Å². The van der Waals surface area contributed by atoms with Crippen LogP contribution in [-0.4, -0.2) is 59.9 Å². The zero-order chi connectivity index (χ0) is 43.3. The summed E-state index contributed by atoms with van der Waals surface area (Å²) < 4.78 is 82.6. The monoisotopic (exact) mass is 865 g/mol. The highest BCUT2D eigenvalue weighted by Gasteiger charge is 2.38. The maximum Gasteiger partial charge on any atom is 0.421 e. The summed E-state index contributed by atoms with van der Waals surface area (Å²) >= 11 is 0. The van der Waals surface area contributed by atoms with E-state index < -0.39 is 23.5 Å². The summed E-state index contributed by atoms with van der Waals surface area (Å²) in [5.74, 6) is -0.244. The summed E-state index contributed by atoms with van der Waals surface area (Å²) in [6, 6.07) is 20.6. The largest absolute Gasteiger partial charge is 0.421 e. The fourth-order valence-corrected chi connectivity index (χ4v) is 8.43. The van der Waals surface area contributed by atoms with Crippen molar-refractivity contribution < 1.29 is 26.3 Å². The lowest BCUT2D eigenvalue weighted by Crippen LogP contribution is -2.30. The average molecular weight is 866 g/mol. The minimum absolute atomic E-state index is 0.00660. The van der Waals surface area contributed by atoms with Gasteiger partial charge in [-0.2, -0.15) is 36.3 Å². The van der Waals surface area contributed by atoms with Crippen LogP contribution in [0.5, 0.6) is 0 Å². The van der Waals surface area contributed by atoms with Gasteiger partial charge in [0, 0.05) is 87.5 Å². The second-order valence-electron chi connectivity index (χ2n) is 17.0. The Kier molecular flexibility index (Phi) is 10.7. The Morgan fingerprint density at radius 2 is 1.21 bits per heavy atom. The Bertz CT molecular complexity index is 2600. The number of anilines is 6. The van der Waals surface area contributed by atoms with Gasteiger partial charge < -0.3 is 26.3 Å². The molecule has 0 bridgehead atoms. The van der Waals surface area contributed by atoms with E-state index in [0.29, 0.717) is 31.0 Å². The molecule has 5 N–H and O–H groups in total. The van der Waals surface area contributed by atoms with Crippen molar-refractivity contribution in [3.05, 3.63) is 130 Å². The molecule has 2 aliphatic carbocycles. The van der Waals surface area contributed by atoms with Crippen molar-refractivity contribution in [2.24, 2.45) is 0 Å². The normalized spacial score (nSPS) is 16.9. The van der Waals surface area contributed by atoms with Gasteiger partial charge in [-0.1, -0.05) is 30.3 Å². The van der Waals surface area contributed by atoms with Crippen LogP contribution in [0.3, 0.4) is 0 Å². The third kappa shape index (κ3) is 9.59. The van der Waals surface area contributed by atoms with Gasteiger partial charge in [-0.05, 0) is 113 Å². The predicted octanol–water partition coefficient (Wildman–Crippen LogP) is 10.1. The number of alkyl halides is 6. The third-order valence-corrected chi connectivity index (χ3v) is 12.0. The van der Waals surface area contributed by atoms with E-state index in [1.807, 2.05) is 36.7 Å². The molecule has 4 aliphatic rings. The molecule has 11 nitrogen and oxygen atoms in total. The van der Waals surface area contributed by atoms with Crippen LogP contribution in [0.4, 0.5) is 61.2 Å². The van der Waals surface area contributed by atoms with Gasteiger partial charge in [-0.25, -0.2) is 9.97 Å². The van der Waals surface area contributed by atoms with E-state index in [0.717, 1.165) is 98.4 Å². The number of hydrogen-bond donors (Lipinski definition) is 5. The number of rotatable bonds is 13. The standard InChI is InChI=1S/C46H45F6N11/c47-45(48,49)39-21-54-43(60-41(39)56-33-7-8-33)58-35-6-5-29-12-15-62(25-31(29)17-35)23-27-1-3-30(4-2-27)38-19-36(18-32-26-63(16-13-37(32)38)24-28-11-14-53-20-28)59-44-55-22-40(46(50,51)52)42(61-44)57-34-9-10-34/h1-6,11,14,17-22,33-34,53H,7-10,12-13,15-16,23-26H2,(H2,54,56,58,60)(H2,55,57,59,61). The topological polar surface area (TPSA) is 122 Å². The van der Waals surface area contributed by atoms with Crippen LogP contribution in [0, 0.1) is 0 Å². The fraction of sp³-hybridized carbons (Fsp3) is 0.348. The summed E-state index contributed by atoms with van der Waals surface area (Å²) in [7, 11) is 0. The highest BCUT2D eigenvalue weighted by Crippen LogP contribution is 2.40. The maximum absolute atomic E-state index is 13.9. The lowest BCUT2D eigenvalue weighted by Gasteiger charge is -2.31. The van der Waals surface area contributed by atoms with Crippen molar-refractivity contribution in [2.45, 2.75) is 89.1 Å². The summed E-state index contributed by atoms with van der Waals surface area (Å²) in [4.78, 5) is 24.5. The number of aromatic amines is 1. The summed E-state index contributed by atoms with van der Waals surface area (Å²) in [5.41, 5.74) is 8.74. The smallest absolute Gasteiger partial charge is 0.367 e. The predicted molar refractivity (Wildman–Crippen MR) is 229 cm³/mol. The van der Waals surface area contributed by atoms with Crippen LogP contribution in [-0.2, 0) is 51.4 Å². The molecule has 6 aromatic rings. The quantitative estimate of drug-likeness (QED) is 0.0718. The van der Waals surface area contributed by atoms with Crippen molar-refractivity contribution >= 4 is 34.9 Å². The zero-order valence-corrected chi connectivity index (χ0v) is 34.2. The summed E-state index contributed by atoms with van der Waals surface area (Å²) in [6.07, 6.45) is 1.34. The van der Waals surface area contributed by atoms with E-state index in [4.69, 9.17) is 0 Å². The lowest BCUT2D eigenvalue weighted by atomic mass is 9.89. The molecule has 63 heavy (non-hydrogen) atoms. The number of aromatic nitrogens is 5. The van der Waals surface area contributed by atoms with Gasteiger partial charge in [0.15, 0.2) is 0 Å². The van der Waals surface area contributed by atoms with Gasteiger partial charge in [0.05, 0.1) is 0 Å². The van der Waals surface area contributed by atoms with Gasteiger partial charge >= 0.3 is 12.4 Å². The SMILES string of the molecule is FC(F)(F)c1cnc(Nc2ccc3c(c2)CN(Cc2ccc(-c4cc(Nc5ncc(C(F)(F)F)c(NC6CC6)n5)cc5c4CCN(Cc4cc[nH]c4)C5)cc2)CC3)nc1NC1CC1. The van der Waals surface area contributed by atoms with Gasteiger partial charge in [0.25, 0.3) is 0 Å². The van der Waals surface area contributed by atoms with Gasteiger partial charge in [0.2, 0.25) is 11.9 Å². The second kappa shape index (κ2) is 16.5. The molecular formula is C46H45F6N11. The fourth-order valence-electron chi connectivity index (χ4n) is 8.43. The average Bonchev–Trinajstić information content (AvgIpc) is 4.19. The van der Waals surface area contributed by atoms with Crippen LogP contribution in [0.2, 0.25) is 0 Å². The first kappa shape index (κ1) is 40.8. The van der Waals surface area contributed by atoms with E-state index in [2.05, 4.69) is 92.4 Å². The maximum atomic E-state index is 13.9. The minimum Gasteiger partial charge on any atom is -0.367 e. The molecule has 0 radical (unpaired) electrons. The number of H-pyrrole nitrogens is 1. The van der Waals surface area contributed by atoms with Crippen molar-refractivity contribution in [3.63, 3.8) is 0 Å². The molecule has 2 saturated carbocycles. The molecule has 17 heteroatoms. The third-order valence-electron chi connectivity index (χ3n) is 12.0. The Morgan fingerprint density at radius 1 is 0.619 bits per heavy atom. The van der Waals surface area contributed by atoms with E-state index >= 15 is 0 Å². The van der Waals surface area contributed by atoms with Crippen LogP contribution < -0.4 is 21.3 Å². The number of fused-ring (bicyclic) bond motifs is 2. The first-order valence-corrected chi connectivity index (χ1v) is 21.3. The Hall–Kier alpha value is -6.20. The summed E-state index contributed by atoms with van der Waals surface area (Å²) in [5, 5.41) is 12.2. The number of nitrogens with one attached hydrogen (secondary N) is 5. The van der Waals surface area contributed by atoms with E-state index in [-0.39, 0.29) is 35.6 Å². The van der Waals surface area contributed by atoms with Crippen molar-refractivity contribution in [2.75, 3.05) is 34.4 Å². The second-order valence-corrected chi connectivity index (χ2v) is 17.0. The van der Waals surface area contributed by atoms with Crippen LogP contribution in [0.1, 0.15) is 70.2 Å². The number of halogens is 6. The van der Waals surface area contributed by atoms with Gasteiger partial charge in [0.1, 0.15) is 22.8 Å². The molecule has 3 aromatic heterocycles. The molecule has 5 heterocycles. The Labute approximate surface area is 359 Å². The molecule has 0 spiro atoms. The van der Waals surface area contributed by atoms with Crippen molar-refractivity contribution in [1.82, 2.24) is 34.7 Å². The zero-order valence-electron chi connectivity index (χ0n) is 34.2. The molecule has 2 aliphatic heterocycles. The first-order chi connectivity index (χ1) is 30.4.